The lowest BCUT2D eigenvalue weighted by Gasteiger charge is -2.32. The van der Waals surface area contributed by atoms with Gasteiger partial charge in [0.05, 0.1) is 18.8 Å². The molecule has 1 aliphatic rings. The summed E-state index contributed by atoms with van der Waals surface area (Å²) in [5.74, 6) is 0. The Morgan fingerprint density at radius 3 is 2.88 bits per heavy atom. The summed E-state index contributed by atoms with van der Waals surface area (Å²) in [6.07, 6.45) is 1.43. The lowest BCUT2D eigenvalue weighted by Crippen LogP contribution is -2.36. The van der Waals surface area contributed by atoms with E-state index in [1.54, 1.807) is 0 Å². The smallest absolute Gasteiger partial charge is 0.0746 e. The highest BCUT2D eigenvalue weighted by molar-refractivity contribution is 5.85. The van der Waals surface area contributed by atoms with Crippen LogP contribution in [0.25, 0.3) is 0 Å². The third-order valence-corrected chi connectivity index (χ3v) is 2.98. The molecule has 2 nitrogen and oxygen atoms in total. The highest BCUT2D eigenvalue weighted by atomic mass is 35.5. The predicted octanol–water partition coefficient (Wildman–Crippen LogP) is 3.07. The van der Waals surface area contributed by atoms with Crippen molar-refractivity contribution in [2.75, 3.05) is 6.54 Å². The third kappa shape index (κ3) is 2.76. The molecule has 1 aliphatic heterocycles. The zero-order chi connectivity index (χ0) is 10.7. The first-order chi connectivity index (χ1) is 7.33. The fourth-order valence-electron chi connectivity index (χ4n) is 2.12. The van der Waals surface area contributed by atoms with E-state index in [4.69, 9.17) is 4.74 Å². The van der Waals surface area contributed by atoms with Gasteiger partial charge < -0.3 is 10.1 Å². The van der Waals surface area contributed by atoms with Crippen LogP contribution in [0.3, 0.4) is 0 Å². The van der Waals surface area contributed by atoms with E-state index in [1.807, 2.05) is 0 Å². The van der Waals surface area contributed by atoms with E-state index in [9.17, 15) is 0 Å². The predicted molar refractivity (Wildman–Crippen MR) is 69.0 cm³/mol. The summed E-state index contributed by atoms with van der Waals surface area (Å²) in [6.45, 7) is 6.13. The summed E-state index contributed by atoms with van der Waals surface area (Å²) >= 11 is 0. The molecule has 90 valence electrons. The summed E-state index contributed by atoms with van der Waals surface area (Å²) in [4.78, 5) is 0. The number of rotatable bonds is 3. The molecule has 0 amide bonds. The number of ether oxygens (including phenoxy) is 1. The molecular weight excluding hydrogens is 222 g/mol. The summed E-state index contributed by atoms with van der Waals surface area (Å²) in [5.41, 5.74) is 2.73. The minimum atomic E-state index is 0. The van der Waals surface area contributed by atoms with Crippen LogP contribution >= 0.6 is 12.4 Å². The van der Waals surface area contributed by atoms with Crippen molar-refractivity contribution in [2.24, 2.45) is 0 Å². The van der Waals surface area contributed by atoms with Crippen LogP contribution in [0.2, 0.25) is 0 Å². The SMILES string of the molecule is CCCN[C@@H]1c2ccccc2CO[C@@H]1C.Cl. The van der Waals surface area contributed by atoms with Gasteiger partial charge in [-0.2, -0.15) is 0 Å². The van der Waals surface area contributed by atoms with Gasteiger partial charge in [-0.05, 0) is 31.0 Å². The number of nitrogens with one attached hydrogen (secondary N) is 1. The number of hydrogen-bond acceptors (Lipinski definition) is 2. The molecule has 0 bridgehead atoms. The van der Waals surface area contributed by atoms with Gasteiger partial charge in [0.1, 0.15) is 0 Å². The van der Waals surface area contributed by atoms with Crippen LogP contribution in [-0.4, -0.2) is 12.6 Å². The highest BCUT2D eigenvalue weighted by Gasteiger charge is 2.25. The van der Waals surface area contributed by atoms with Gasteiger partial charge in [-0.1, -0.05) is 31.2 Å². The molecule has 1 N–H and O–H groups in total. The first kappa shape index (κ1) is 13.5. The Bertz CT molecular complexity index is 329. The Hall–Kier alpha value is -0.570. The molecule has 0 saturated carbocycles. The molecular formula is C13H20ClNO. The standard InChI is InChI=1S/C13H19NO.ClH/c1-3-8-14-13-10(2)15-9-11-6-4-5-7-12(11)13;/h4-7,10,13-14H,3,8-9H2,1-2H3;1H/t10-,13+;/m1./s1. The van der Waals surface area contributed by atoms with Gasteiger partial charge in [-0.3, -0.25) is 0 Å². The molecule has 3 heteroatoms. The molecule has 0 unspecified atom stereocenters. The van der Waals surface area contributed by atoms with Gasteiger partial charge in [0.2, 0.25) is 0 Å². The van der Waals surface area contributed by atoms with Crippen LogP contribution in [0.1, 0.15) is 37.4 Å². The molecule has 1 aromatic rings. The number of fused-ring (bicyclic) bond motifs is 1. The lowest BCUT2D eigenvalue weighted by atomic mass is 9.94. The zero-order valence-corrected chi connectivity index (χ0v) is 10.7. The second-order valence-electron chi connectivity index (χ2n) is 4.15. The average Bonchev–Trinajstić information content (AvgIpc) is 2.28. The lowest BCUT2D eigenvalue weighted by molar-refractivity contribution is 0.0116. The van der Waals surface area contributed by atoms with E-state index < -0.39 is 0 Å². The van der Waals surface area contributed by atoms with Gasteiger partial charge in [0, 0.05) is 0 Å². The minimum Gasteiger partial charge on any atom is -0.372 e. The van der Waals surface area contributed by atoms with Crippen molar-refractivity contribution < 1.29 is 4.74 Å². The van der Waals surface area contributed by atoms with Crippen LogP contribution in [-0.2, 0) is 11.3 Å². The van der Waals surface area contributed by atoms with Gasteiger partial charge in [-0.25, -0.2) is 0 Å². The average molecular weight is 242 g/mol. The summed E-state index contributed by atoms with van der Waals surface area (Å²) in [5, 5.41) is 3.55. The Labute approximate surface area is 104 Å². The second kappa shape index (κ2) is 6.24. The van der Waals surface area contributed by atoms with E-state index in [-0.39, 0.29) is 18.5 Å². The van der Waals surface area contributed by atoms with Crippen LogP contribution in [0.15, 0.2) is 24.3 Å². The van der Waals surface area contributed by atoms with Crippen molar-refractivity contribution in [3.63, 3.8) is 0 Å². The molecule has 2 rings (SSSR count). The fourth-order valence-corrected chi connectivity index (χ4v) is 2.12. The molecule has 0 spiro atoms. The van der Waals surface area contributed by atoms with Crippen molar-refractivity contribution in [3.05, 3.63) is 35.4 Å². The van der Waals surface area contributed by atoms with E-state index >= 15 is 0 Å². The molecule has 0 saturated heterocycles. The van der Waals surface area contributed by atoms with Gasteiger partial charge >= 0.3 is 0 Å². The molecule has 0 radical (unpaired) electrons. The maximum atomic E-state index is 5.75. The topological polar surface area (TPSA) is 21.3 Å². The van der Waals surface area contributed by atoms with Crippen molar-refractivity contribution in [1.29, 1.82) is 0 Å². The van der Waals surface area contributed by atoms with Crippen molar-refractivity contribution in [1.82, 2.24) is 5.32 Å². The van der Waals surface area contributed by atoms with E-state index in [0.29, 0.717) is 6.04 Å². The molecule has 16 heavy (non-hydrogen) atoms. The highest BCUT2D eigenvalue weighted by Crippen LogP contribution is 2.28. The third-order valence-electron chi connectivity index (χ3n) is 2.98. The van der Waals surface area contributed by atoms with Crippen molar-refractivity contribution in [2.45, 2.75) is 39.0 Å². The number of benzene rings is 1. The van der Waals surface area contributed by atoms with E-state index in [0.717, 1.165) is 19.6 Å². The fraction of sp³-hybridized carbons (Fsp3) is 0.538. The van der Waals surface area contributed by atoms with E-state index in [2.05, 4.69) is 43.4 Å². The van der Waals surface area contributed by atoms with Gasteiger partial charge in [-0.15, -0.1) is 12.4 Å². The van der Waals surface area contributed by atoms with E-state index in [1.165, 1.54) is 11.1 Å². The first-order valence-corrected chi connectivity index (χ1v) is 5.75. The summed E-state index contributed by atoms with van der Waals surface area (Å²) in [6, 6.07) is 8.91. The normalized spacial score (nSPS) is 23.4. The van der Waals surface area contributed by atoms with Crippen LogP contribution in [0, 0.1) is 0 Å². The van der Waals surface area contributed by atoms with Crippen molar-refractivity contribution >= 4 is 12.4 Å². The molecule has 2 atom stereocenters. The van der Waals surface area contributed by atoms with Gasteiger partial charge in [0.15, 0.2) is 0 Å². The zero-order valence-electron chi connectivity index (χ0n) is 9.90. The van der Waals surface area contributed by atoms with Crippen molar-refractivity contribution in [3.8, 4) is 0 Å². The Kier molecular flexibility index (Phi) is 5.26. The van der Waals surface area contributed by atoms with Crippen LogP contribution < -0.4 is 5.32 Å². The first-order valence-electron chi connectivity index (χ1n) is 5.75. The Balaban J connectivity index is 0.00000128. The molecule has 0 aliphatic carbocycles. The second-order valence-corrected chi connectivity index (χ2v) is 4.15. The molecule has 0 fully saturated rings. The summed E-state index contributed by atoms with van der Waals surface area (Å²) in [7, 11) is 0. The number of halogens is 1. The molecule has 1 aromatic carbocycles. The van der Waals surface area contributed by atoms with Gasteiger partial charge in [0.25, 0.3) is 0 Å². The Morgan fingerprint density at radius 2 is 2.12 bits per heavy atom. The minimum absolute atomic E-state index is 0. The molecule has 0 aromatic heterocycles. The maximum absolute atomic E-state index is 5.75. The Morgan fingerprint density at radius 1 is 1.38 bits per heavy atom. The molecule has 1 heterocycles. The maximum Gasteiger partial charge on any atom is 0.0746 e. The number of hydrogen-bond donors (Lipinski definition) is 1. The quantitative estimate of drug-likeness (QED) is 0.878. The van der Waals surface area contributed by atoms with Crippen LogP contribution in [0.5, 0.6) is 0 Å². The summed E-state index contributed by atoms with van der Waals surface area (Å²) < 4.78 is 5.75. The van der Waals surface area contributed by atoms with Crippen LogP contribution in [0.4, 0.5) is 0 Å². The largest absolute Gasteiger partial charge is 0.372 e. The monoisotopic (exact) mass is 241 g/mol.